The van der Waals surface area contributed by atoms with E-state index in [9.17, 15) is 26.3 Å². The van der Waals surface area contributed by atoms with E-state index >= 15 is 0 Å². The molecule has 0 fully saturated rings. The van der Waals surface area contributed by atoms with Crippen molar-refractivity contribution >= 4 is 25.6 Å². The van der Waals surface area contributed by atoms with Gasteiger partial charge in [-0.2, -0.15) is 0 Å². The third-order valence-electron chi connectivity index (χ3n) is 0.603. The van der Waals surface area contributed by atoms with E-state index in [4.69, 9.17) is 0 Å². The molecule has 0 amide bonds. The molecule has 0 aromatic heterocycles. The first-order valence-corrected chi connectivity index (χ1v) is 3.00. The third kappa shape index (κ3) is 1.86. The van der Waals surface area contributed by atoms with E-state index < -0.39 is 15.9 Å². The van der Waals surface area contributed by atoms with Gasteiger partial charge in [0.05, 0.1) is 0 Å². The first-order chi connectivity index (χ1) is 4.19. The minimum atomic E-state index is -5.83. The summed E-state index contributed by atoms with van der Waals surface area (Å²) in [5.74, 6) is -5.31. The topological polar surface area (TPSA) is 0 Å². The monoisotopic (exact) mass is 280 g/mol. The molecule has 0 nitrogen and oxygen atoms in total. The van der Waals surface area contributed by atoms with Crippen LogP contribution in [0.15, 0.2) is 0 Å². The molecule has 0 bridgehead atoms. The zero-order valence-electron chi connectivity index (χ0n) is 4.18. The minimum absolute atomic E-state index is 0.00569. The summed E-state index contributed by atoms with van der Waals surface area (Å²) >= 11 is 0.00569. The summed E-state index contributed by atoms with van der Waals surface area (Å²) in [6.07, 6.45) is -5.83. The Balaban J connectivity index is 4.57. The number of rotatable bonds is 1. The van der Waals surface area contributed by atoms with Gasteiger partial charge >= 0.3 is 64.1 Å². The van der Waals surface area contributed by atoms with Crippen molar-refractivity contribution in [3.8, 4) is 0 Å². The average molecular weight is 278 g/mol. The van der Waals surface area contributed by atoms with Gasteiger partial charge in [-0.15, -0.1) is 0 Å². The van der Waals surface area contributed by atoms with E-state index in [-0.39, 0.29) is 21.8 Å². The summed E-state index contributed by atoms with van der Waals surface area (Å²) in [7, 11) is 0. The predicted molar refractivity (Wildman–Crippen MR) is 22.9 cm³/mol. The summed E-state index contributed by atoms with van der Waals surface area (Å²) in [4.78, 5) is 0. The second-order valence-electron chi connectivity index (χ2n) is 1.35. The van der Waals surface area contributed by atoms with Crippen LogP contribution in [0.5, 0.6) is 0 Å². The molecular weight excluding hydrogens is 278 g/mol. The molecule has 0 radical (unpaired) electrons. The molecule has 10 heavy (non-hydrogen) atoms. The third-order valence-corrected chi connectivity index (χ3v) is 1.33. The molecule has 0 atom stereocenters. The van der Waals surface area contributed by atoms with Gasteiger partial charge in [-0.25, -0.2) is 0 Å². The fourth-order valence-corrected chi connectivity index (χ4v) is 0.442. The molecular formula is C3F6Te. The Labute approximate surface area is 64.6 Å². The van der Waals surface area contributed by atoms with Crippen LogP contribution in [0.25, 0.3) is 0 Å². The first-order valence-electron chi connectivity index (χ1n) is 1.84. The Bertz CT molecular complexity index is 146. The van der Waals surface area contributed by atoms with E-state index in [2.05, 4.69) is 0 Å². The molecule has 0 aliphatic rings. The van der Waals surface area contributed by atoms with Crippen molar-refractivity contribution in [3.05, 3.63) is 0 Å². The number of hydrogen-bond donors (Lipinski definition) is 0. The quantitative estimate of drug-likeness (QED) is 0.503. The standard InChI is InChI=1S/C3F6Te/c4-1(10)2(5,6)3(7,8)9. The van der Waals surface area contributed by atoms with Crippen molar-refractivity contribution in [1.82, 2.24) is 0 Å². The molecule has 7 heteroatoms. The summed E-state index contributed by atoms with van der Waals surface area (Å²) in [6.45, 7) is 0. The summed E-state index contributed by atoms with van der Waals surface area (Å²) in [5, 5.41) is 0. The van der Waals surface area contributed by atoms with Crippen LogP contribution in [-0.2, 0) is 0 Å². The molecule has 0 aromatic carbocycles. The fourth-order valence-electron chi connectivity index (χ4n) is 0.111. The Kier molecular flexibility index (Phi) is 2.77. The number of halogens is 6. The van der Waals surface area contributed by atoms with Gasteiger partial charge in [-0.1, -0.05) is 0 Å². The zero-order valence-corrected chi connectivity index (χ0v) is 6.51. The molecule has 0 aliphatic heterocycles. The van der Waals surface area contributed by atoms with Crippen LogP contribution in [0.3, 0.4) is 0 Å². The van der Waals surface area contributed by atoms with Gasteiger partial charge in [0.15, 0.2) is 0 Å². The molecule has 0 spiro atoms. The molecule has 0 aromatic rings. The molecule has 0 saturated carbocycles. The van der Waals surface area contributed by atoms with Crippen molar-refractivity contribution in [1.29, 1.82) is 0 Å². The van der Waals surface area contributed by atoms with Gasteiger partial charge in [-0.05, 0) is 0 Å². The predicted octanol–water partition coefficient (Wildman–Crippen LogP) is 1.45. The Morgan fingerprint density at radius 2 is 1.30 bits per heavy atom. The van der Waals surface area contributed by atoms with Gasteiger partial charge in [0.2, 0.25) is 0 Å². The van der Waals surface area contributed by atoms with Crippen molar-refractivity contribution in [2.24, 2.45) is 0 Å². The van der Waals surface area contributed by atoms with Gasteiger partial charge < -0.3 is 0 Å². The number of alkyl halides is 5. The molecule has 60 valence electrons. The first kappa shape index (κ1) is 10.2. The van der Waals surface area contributed by atoms with Crippen LogP contribution in [0.1, 0.15) is 0 Å². The fraction of sp³-hybridized carbons (Fsp3) is 0.667. The number of hydrogen-bond acceptors (Lipinski definition) is 0. The van der Waals surface area contributed by atoms with Crippen LogP contribution in [0.2, 0.25) is 0 Å². The summed E-state index contributed by atoms with van der Waals surface area (Å²) in [6, 6.07) is 0. The molecule has 0 N–H and O–H groups in total. The van der Waals surface area contributed by atoms with Gasteiger partial charge in [0.25, 0.3) is 0 Å². The van der Waals surface area contributed by atoms with Gasteiger partial charge in [0.1, 0.15) is 0 Å². The van der Waals surface area contributed by atoms with Crippen molar-refractivity contribution in [2.75, 3.05) is 0 Å². The summed E-state index contributed by atoms with van der Waals surface area (Å²) < 4.78 is 65.3. The average Bonchev–Trinajstić information content (AvgIpc) is 1.62. The van der Waals surface area contributed by atoms with E-state index in [1.165, 1.54) is 0 Å². The second-order valence-corrected chi connectivity index (χ2v) is 2.37. The van der Waals surface area contributed by atoms with Gasteiger partial charge in [0, 0.05) is 0 Å². The Morgan fingerprint density at radius 1 is 1.00 bits per heavy atom. The maximum atomic E-state index is 11.5. The Morgan fingerprint density at radius 3 is 1.30 bits per heavy atom. The van der Waals surface area contributed by atoms with E-state index in [0.29, 0.717) is 0 Å². The molecule has 0 aliphatic carbocycles. The molecule has 0 saturated heterocycles. The second kappa shape index (κ2) is 2.70. The van der Waals surface area contributed by atoms with Crippen LogP contribution >= 0.6 is 0 Å². The van der Waals surface area contributed by atoms with Crippen LogP contribution in [0.4, 0.5) is 26.3 Å². The zero-order chi connectivity index (χ0) is 8.58. The van der Waals surface area contributed by atoms with E-state index in [0.717, 1.165) is 0 Å². The van der Waals surface area contributed by atoms with Gasteiger partial charge in [-0.3, -0.25) is 0 Å². The van der Waals surface area contributed by atoms with Crippen molar-refractivity contribution in [3.63, 3.8) is 0 Å². The Hall–Kier alpha value is 0.240. The molecule has 0 heterocycles. The van der Waals surface area contributed by atoms with Crippen LogP contribution < -0.4 is 0 Å². The van der Waals surface area contributed by atoms with E-state index in [1.54, 1.807) is 0 Å². The van der Waals surface area contributed by atoms with Crippen molar-refractivity contribution in [2.45, 2.75) is 12.1 Å². The van der Waals surface area contributed by atoms with E-state index in [1.807, 2.05) is 0 Å². The SMILES string of the molecule is FC(=[Te])C(F)(F)C(F)(F)F. The normalized spacial score (nSPS) is 13.4. The van der Waals surface area contributed by atoms with Crippen molar-refractivity contribution < 1.29 is 26.3 Å². The molecule has 0 rings (SSSR count). The summed E-state index contributed by atoms with van der Waals surface area (Å²) in [5.41, 5.74) is 0. The molecule has 0 unspecified atom stereocenters. The maximum absolute atomic E-state index is 11.5. The van der Waals surface area contributed by atoms with Crippen LogP contribution in [-0.4, -0.2) is 37.7 Å². The van der Waals surface area contributed by atoms with Crippen LogP contribution in [0, 0.1) is 0 Å².